The summed E-state index contributed by atoms with van der Waals surface area (Å²) < 4.78 is 7.68. The van der Waals surface area contributed by atoms with Crippen LogP contribution in [0.25, 0.3) is 0 Å². The molecule has 0 amide bonds. The van der Waals surface area contributed by atoms with E-state index in [-0.39, 0.29) is 17.3 Å². The summed E-state index contributed by atoms with van der Waals surface area (Å²) >= 11 is 0. The van der Waals surface area contributed by atoms with Crippen LogP contribution >= 0.6 is 0 Å². The summed E-state index contributed by atoms with van der Waals surface area (Å²) in [6.07, 6.45) is 6.06. The van der Waals surface area contributed by atoms with Gasteiger partial charge in [0.15, 0.2) is 5.75 Å². The summed E-state index contributed by atoms with van der Waals surface area (Å²) in [5, 5.41) is 9.75. The molecule has 1 unspecified atom stereocenters. The van der Waals surface area contributed by atoms with E-state index in [9.17, 15) is 9.90 Å². The zero-order chi connectivity index (χ0) is 15.9. The molecule has 1 aromatic heterocycles. The Bertz CT molecular complexity index is 515. The average Bonchev–Trinajstić information content (AvgIpc) is 2.98. The van der Waals surface area contributed by atoms with Gasteiger partial charge in [-0.2, -0.15) is 0 Å². The van der Waals surface area contributed by atoms with Crippen molar-refractivity contribution < 1.29 is 9.84 Å². The minimum atomic E-state index is -0.300. The van der Waals surface area contributed by atoms with E-state index in [1.54, 1.807) is 12.3 Å². The van der Waals surface area contributed by atoms with Crippen molar-refractivity contribution in [3.8, 4) is 5.75 Å². The number of ether oxygens (including phenoxy) is 1. The summed E-state index contributed by atoms with van der Waals surface area (Å²) in [5.41, 5.74) is 0.659. The summed E-state index contributed by atoms with van der Waals surface area (Å²) in [6, 6.07) is 1.57. The van der Waals surface area contributed by atoms with Gasteiger partial charge in [-0.3, -0.25) is 9.69 Å². The van der Waals surface area contributed by atoms with E-state index in [0.29, 0.717) is 6.54 Å². The van der Waals surface area contributed by atoms with Crippen LogP contribution < -0.4 is 5.43 Å². The van der Waals surface area contributed by atoms with Crippen LogP contribution in [0, 0.1) is 0 Å². The molecule has 0 aromatic carbocycles. The van der Waals surface area contributed by atoms with Gasteiger partial charge in [0.2, 0.25) is 5.43 Å². The predicted octanol–water partition coefficient (Wildman–Crippen LogP) is 2.35. The van der Waals surface area contributed by atoms with Crippen molar-refractivity contribution in [1.82, 2.24) is 9.47 Å². The average molecular weight is 308 g/mol. The predicted molar refractivity (Wildman–Crippen MR) is 87.2 cm³/mol. The third-order valence-corrected chi connectivity index (χ3v) is 4.09. The highest BCUT2D eigenvalue weighted by atomic mass is 16.5. The lowest BCUT2D eigenvalue weighted by molar-refractivity contribution is 0.0951. The fourth-order valence-electron chi connectivity index (χ4n) is 3.05. The monoisotopic (exact) mass is 308 g/mol. The molecule has 0 radical (unpaired) electrons. The molecule has 5 nitrogen and oxygen atoms in total. The van der Waals surface area contributed by atoms with E-state index in [2.05, 4.69) is 18.7 Å². The van der Waals surface area contributed by atoms with Gasteiger partial charge >= 0.3 is 0 Å². The summed E-state index contributed by atoms with van der Waals surface area (Å²) in [7, 11) is 0. The van der Waals surface area contributed by atoms with Crippen LogP contribution in [0.2, 0.25) is 0 Å². The van der Waals surface area contributed by atoms with Crippen LogP contribution in [0.1, 0.15) is 45.2 Å². The Morgan fingerprint density at radius 2 is 2.09 bits per heavy atom. The topological polar surface area (TPSA) is 54.7 Å². The van der Waals surface area contributed by atoms with Crippen molar-refractivity contribution in [2.45, 2.75) is 58.7 Å². The number of nitrogens with zero attached hydrogens (tertiary/aromatic N) is 2. The first-order valence-corrected chi connectivity index (χ1v) is 8.40. The molecule has 1 saturated heterocycles. The number of hydrogen-bond donors (Lipinski definition) is 1. The van der Waals surface area contributed by atoms with Crippen molar-refractivity contribution in [2.75, 3.05) is 19.7 Å². The minimum Gasteiger partial charge on any atom is -0.503 e. The quantitative estimate of drug-likeness (QED) is 0.801. The standard InChI is InChI=1S/C17H28N2O3/c1-3-7-18(8-4-2)11-14-10-16(20)17(21)13-19(14)12-15-6-5-9-22-15/h10,13,15,21H,3-9,11-12H2,1-2H3. The Labute approximate surface area is 132 Å². The molecule has 1 atom stereocenters. The molecule has 124 valence electrons. The van der Waals surface area contributed by atoms with Gasteiger partial charge in [0.25, 0.3) is 0 Å². The lowest BCUT2D eigenvalue weighted by Gasteiger charge is -2.24. The molecule has 1 aliphatic rings. The lowest BCUT2D eigenvalue weighted by Crippen LogP contribution is -2.29. The van der Waals surface area contributed by atoms with Crippen molar-refractivity contribution >= 4 is 0 Å². The molecule has 1 aromatic rings. The highest BCUT2D eigenvalue weighted by Gasteiger charge is 2.18. The highest BCUT2D eigenvalue weighted by Crippen LogP contribution is 2.17. The van der Waals surface area contributed by atoms with Crippen LogP contribution in [-0.2, 0) is 17.8 Å². The number of aromatic hydroxyl groups is 1. The van der Waals surface area contributed by atoms with Gasteiger partial charge in [0.05, 0.1) is 12.3 Å². The van der Waals surface area contributed by atoms with Crippen molar-refractivity contribution in [2.24, 2.45) is 0 Å². The van der Waals surface area contributed by atoms with Gasteiger partial charge in [0.1, 0.15) is 0 Å². The molecule has 2 heterocycles. The molecule has 0 saturated carbocycles. The molecule has 0 aliphatic carbocycles. The molecule has 0 bridgehead atoms. The zero-order valence-electron chi connectivity index (χ0n) is 13.8. The molecule has 1 aliphatic heterocycles. The molecular weight excluding hydrogens is 280 g/mol. The number of pyridine rings is 1. The van der Waals surface area contributed by atoms with Gasteiger partial charge in [-0.1, -0.05) is 13.8 Å². The Morgan fingerprint density at radius 3 is 2.68 bits per heavy atom. The Morgan fingerprint density at radius 1 is 1.36 bits per heavy atom. The van der Waals surface area contributed by atoms with Gasteiger partial charge in [-0.25, -0.2) is 0 Å². The van der Waals surface area contributed by atoms with Crippen molar-refractivity contribution in [3.05, 3.63) is 28.2 Å². The second-order valence-electron chi connectivity index (χ2n) is 6.08. The largest absolute Gasteiger partial charge is 0.503 e. The van der Waals surface area contributed by atoms with Gasteiger partial charge < -0.3 is 14.4 Å². The number of rotatable bonds is 8. The molecule has 0 spiro atoms. The molecule has 1 N–H and O–H groups in total. The number of aromatic nitrogens is 1. The summed E-state index contributed by atoms with van der Waals surface area (Å²) in [5.74, 6) is -0.181. The molecular formula is C17H28N2O3. The first-order chi connectivity index (χ1) is 10.6. The second-order valence-corrected chi connectivity index (χ2v) is 6.08. The first kappa shape index (κ1) is 17.0. The Hall–Kier alpha value is -1.33. The fourth-order valence-corrected chi connectivity index (χ4v) is 3.05. The van der Waals surface area contributed by atoms with Crippen LogP contribution in [0.15, 0.2) is 17.1 Å². The maximum Gasteiger partial charge on any atom is 0.223 e. The maximum absolute atomic E-state index is 11.8. The molecule has 1 fully saturated rings. The fraction of sp³-hybridized carbons (Fsp3) is 0.706. The smallest absolute Gasteiger partial charge is 0.223 e. The van der Waals surface area contributed by atoms with E-state index < -0.39 is 0 Å². The van der Waals surface area contributed by atoms with Crippen LogP contribution in [-0.4, -0.2) is 40.4 Å². The summed E-state index contributed by atoms with van der Waals surface area (Å²) in [4.78, 5) is 14.2. The SMILES string of the molecule is CCCN(CCC)Cc1cc(=O)c(O)cn1CC1CCCO1. The lowest BCUT2D eigenvalue weighted by atomic mass is 10.2. The van der Waals surface area contributed by atoms with E-state index in [4.69, 9.17) is 4.74 Å². The van der Waals surface area contributed by atoms with E-state index in [0.717, 1.165) is 57.6 Å². The normalized spacial score (nSPS) is 18.2. The van der Waals surface area contributed by atoms with E-state index >= 15 is 0 Å². The van der Waals surface area contributed by atoms with E-state index in [1.807, 2.05) is 4.57 Å². The van der Waals surface area contributed by atoms with Crippen LogP contribution in [0.4, 0.5) is 0 Å². The van der Waals surface area contributed by atoms with Gasteiger partial charge in [-0.15, -0.1) is 0 Å². The first-order valence-electron chi connectivity index (χ1n) is 8.40. The maximum atomic E-state index is 11.8. The number of hydrogen-bond acceptors (Lipinski definition) is 4. The van der Waals surface area contributed by atoms with Gasteiger partial charge in [0, 0.05) is 31.5 Å². The minimum absolute atomic E-state index is 0.181. The summed E-state index contributed by atoms with van der Waals surface area (Å²) in [6.45, 7) is 8.62. The zero-order valence-corrected chi connectivity index (χ0v) is 13.8. The third-order valence-electron chi connectivity index (χ3n) is 4.09. The Balaban J connectivity index is 2.19. The van der Waals surface area contributed by atoms with E-state index in [1.165, 1.54) is 0 Å². The van der Waals surface area contributed by atoms with Crippen molar-refractivity contribution in [3.63, 3.8) is 0 Å². The van der Waals surface area contributed by atoms with Crippen LogP contribution in [0.5, 0.6) is 5.75 Å². The van der Waals surface area contributed by atoms with Crippen molar-refractivity contribution in [1.29, 1.82) is 0 Å². The second kappa shape index (κ2) is 8.34. The van der Waals surface area contributed by atoms with Gasteiger partial charge in [-0.05, 0) is 38.8 Å². The molecule has 2 rings (SSSR count). The van der Waals surface area contributed by atoms with Crippen LogP contribution in [0.3, 0.4) is 0 Å². The highest BCUT2D eigenvalue weighted by molar-refractivity contribution is 5.20. The molecule has 22 heavy (non-hydrogen) atoms. The third kappa shape index (κ3) is 4.58. The Kier molecular flexibility index (Phi) is 6.46. The molecule has 5 heteroatoms.